The van der Waals surface area contributed by atoms with Gasteiger partial charge in [0.1, 0.15) is 5.82 Å². The molecule has 1 aromatic rings. The normalized spacial score (nSPS) is 12.7. The molecule has 0 saturated carbocycles. The van der Waals surface area contributed by atoms with Crippen molar-refractivity contribution < 1.29 is 14.3 Å². The molecule has 0 saturated heterocycles. The largest absolute Gasteiger partial charge is 0.478 e. The van der Waals surface area contributed by atoms with Gasteiger partial charge >= 0.3 is 5.97 Å². The summed E-state index contributed by atoms with van der Waals surface area (Å²) in [4.78, 5) is 10.8. The number of halogens is 1. The van der Waals surface area contributed by atoms with E-state index in [2.05, 4.69) is 26.1 Å². The minimum absolute atomic E-state index is 0.119. The van der Waals surface area contributed by atoms with Gasteiger partial charge in [-0.25, -0.2) is 9.18 Å². The molecule has 1 unspecified atom stereocenters. The Kier molecular flexibility index (Phi) is 5.96. The average molecular weight is 267 g/mol. The zero-order valence-corrected chi connectivity index (χ0v) is 11.7. The number of carboxylic acids is 1. The highest BCUT2D eigenvalue weighted by molar-refractivity contribution is 5.87. The lowest BCUT2D eigenvalue weighted by atomic mass is 10.0. The summed E-state index contributed by atoms with van der Waals surface area (Å²) < 4.78 is 13.6. The molecule has 0 aliphatic carbocycles. The number of carbonyl (C=O) groups is 1. The zero-order chi connectivity index (χ0) is 14.4. The molecule has 0 heterocycles. The third kappa shape index (κ3) is 5.39. The third-order valence-corrected chi connectivity index (χ3v) is 3.11. The third-order valence-electron chi connectivity index (χ3n) is 3.11. The first-order valence-electron chi connectivity index (χ1n) is 6.65. The van der Waals surface area contributed by atoms with Gasteiger partial charge in [0.05, 0.1) is 5.56 Å². The maximum Gasteiger partial charge on any atom is 0.335 e. The highest BCUT2D eigenvalue weighted by Gasteiger charge is 2.10. The Morgan fingerprint density at radius 1 is 1.32 bits per heavy atom. The van der Waals surface area contributed by atoms with E-state index in [1.807, 2.05) is 0 Å². The van der Waals surface area contributed by atoms with Gasteiger partial charge in [-0.1, -0.05) is 13.8 Å². The Bertz CT molecular complexity index is 432. The molecule has 0 radical (unpaired) electrons. The van der Waals surface area contributed by atoms with Crippen LogP contribution in [0.15, 0.2) is 18.2 Å². The molecule has 0 spiro atoms. The van der Waals surface area contributed by atoms with Crippen molar-refractivity contribution in [1.82, 2.24) is 5.32 Å². The molecular weight excluding hydrogens is 245 g/mol. The lowest BCUT2D eigenvalue weighted by molar-refractivity contribution is 0.0696. The Morgan fingerprint density at radius 3 is 2.58 bits per heavy atom. The molecule has 0 aromatic heterocycles. The molecule has 4 heteroatoms. The van der Waals surface area contributed by atoms with Crippen LogP contribution in [-0.4, -0.2) is 17.1 Å². The second-order valence-electron chi connectivity index (χ2n) is 5.36. The summed E-state index contributed by atoms with van der Waals surface area (Å²) in [6, 6.07) is 4.16. The van der Waals surface area contributed by atoms with Crippen LogP contribution in [-0.2, 0) is 6.54 Å². The zero-order valence-electron chi connectivity index (χ0n) is 11.7. The van der Waals surface area contributed by atoms with Crippen molar-refractivity contribution in [3.8, 4) is 0 Å². The molecule has 2 N–H and O–H groups in total. The van der Waals surface area contributed by atoms with Gasteiger partial charge in [0.2, 0.25) is 0 Å². The number of aromatic carboxylic acids is 1. The van der Waals surface area contributed by atoms with Gasteiger partial charge in [-0.2, -0.15) is 0 Å². The fourth-order valence-corrected chi connectivity index (χ4v) is 1.81. The SMILES string of the molecule is CC(C)CCC(C)NCc1cc(C(=O)O)ccc1F. The Hall–Kier alpha value is -1.42. The number of carboxylic acid groups (broad SMARTS) is 1. The molecule has 1 rings (SSSR count). The summed E-state index contributed by atoms with van der Waals surface area (Å²) in [6.07, 6.45) is 2.14. The molecule has 0 bridgehead atoms. The molecule has 19 heavy (non-hydrogen) atoms. The predicted molar refractivity (Wildman–Crippen MR) is 73.7 cm³/mol. The van der Waals surface area contributed by atoms with Crippen LogP contribution in [0.4, 0.5) is 4.39 Å². The summed E-state index contributed by atoms with van der Waals surface area (Å²) in [7, 11) is 0. The van der Waals surface area contributed by atoms with Gasteiger partial charge < -0.3 is 10.4 Å². The number of hydrogen-bond donors (Lipinski definition) is 2. The van der Waals surface area contributed by atoms with Gasteiger partial charge in [-0.15, -0.1) is 0 Å². The van der Waals surface area contributed by atoms with E-state index in [4.69, 9.17) is 5.11 Å². The second-order valence-corrected chi connectivity index (χ2v) is 5.36. The fraction of sp³-hybridized carbons (Fsp3) is 0.533. The quantitative estimate of drug-likeness (QED) is 0.795. The molecular formula is C15H22FNO2. The monoisotopic (exact) mass is 267 g/mol. The summed E-state index contributed by atoms with van der Waals surface area (Å²) in [5, 5.41) is 12.1. The van der Waals surface area contributed by atoms with Crippen molar-refractivity contribution in [2.45, 2.75) is 46.2 Å². The fourth-order valence-electron chi connectivity index (χ4n) is 1.81. The smallest absolute Gasteiger partial charge is 0.335 e. The summed E-state index contributed by atoms with van der Waals surface area (Å²) in [6.45, 7) is 6.75. The lowest BCUT2D eigenvalue weighted by Gasteiger charge is -2.15. The summed E-state index contributed by atoms with van der Waals surface area (Å²) in [5.74, 6) is -0.751. The van der Waals surface area contributed by atoms with E-state index in [-0.39, 0.29) is 17.4 Å². The molecule has 0 fully saturated rings. The minimum Gasteiger partial charge on any atom is -0.478 e. The Morgan fingerprint density at radius 2 is 2.00 bits per heavy atom. The van der Waals surface area contributed by atoms with Crippen molar-refractivity contribution in [3.05, 3.63) is 35.1 Å². The first-order valence-corrected chi connectivity index (χ1v) is 6.65. The van der Waals surface area contributed by atoms with E-state index in [0.29, 0.717) is 18.0 Å². The lowest BCUT2D eigenvalue weighted by Crippen LogP contribution is -2.26. The number of nitrogens with one attached hydrogen (secondary N) is 1. The Balaban J connectivity index is 2.57. The predicted octanol–water partition coefficient (Wildman–Crippen LogP) is 3.44. The maximum absolute atomic E-state index is 13.6. The van der Waals surface area contributed by atoms with E-state index >= 15 is 0 Å². The van der Waals surface area contributed by atoms with Crippen molar-refractivity contribution in [1.29, 1.82) is 0 Å². The van der Waals surface area contributed by atoms with E-state index in [0.717, 1.165) is 12.8 Å². The van der Waals surface area contributed by atoms with Crippen LogP contribution in [0, 0.1) is 11.7 Å². The van der Waals surface area contributed by atoms with Gasteiger partial charge in [0, 0.05) is 18.2 Å². The van der Waals surface area contributed by atoms with Crippen molar-refractivity contribution in [3.63, 3.8) is 0 Å². The molecule has 1 aromatic carbocycles. The minimum atomic E-state index is -1.03. The van der Waals surface area contributed by atoms with Crippen LogP contribution < -0.4 is 5.32 Å². The molecule has 106 valence electrons. The topological polar surface area (TPSA) is 49.3 Å². The van der Waals surface area contributed by atoms with Crippen molar-refractivity contribution in [2.75, 3.05) is 0 Å². The van der Waals surface area contributed by atoms with Crippen LogP contribution in [0.25, 0.3) is 0 Å². The van der Waals surface area contributed by atoms with Crippen LogP contribution in [0.1, 0.15) is 49.5 Å². The molecule has 1 atom stereocenters. The van der Waals surface area contributed by atoms with E-state index in [1.165, 1.54) is 18.2 Å². The van der Waals surface area contributed by atoms with Gasteiger partial charge in [0.25, 0.3) is 0 Å². The van der Waals surface area contributed by atoms with Crippen LogP contribution in [0.2, 0.25) is 0 Å². The van der Waals surface area contributed by atoms with E-state index in [1.54, 1.807) is 0 Å². The molecule has 0 amide bonds. The standard InChI is InChI=1S/C15H22FNO2/c1-10(2)4-5-11(3)17-9-13-8-12(15(18)19)6-7-14(13)16/h6-8,10-11,17H,4-5,9H2,1-3H3,(H,18,19). The summed E-state index contributed by atoms with van der Waals surface area (Å²) in [5.41, 5.74) is 0.518. The molecule has 3 nitrogen and oxygen atoms in total. The van der Waals surface area contributed by atoms with Crippen molar-refractivity contribution >= 4 is 5.97 Å². The second kappa shape index (κ2) is 7.24. The number of hydrogen-bond acceptors (Lipinski definition) is 2. The number of benzene rings is 1. The van der Waals surface area contributed by atoms with Crippen molar-refractivity contribution in [2.24, 2.45) is 5.92 Å². The number of rotatable bonds is 7. The van der Waals surface area contributed by atoms with Gasteiger partial charge in [-0.05, 0) is 43.9 Å². The highest BCUT2D eigenvalue weighted by Crippen LogP contribution is 2.12. The first-order chi connectivity index (χ1) is 8.90. The maximum atomic E-state index is 13.6. The molecule has 0 aliphatic rings. The summed E-state index contributed by atoms with van der Waals surface area (Å²) >= 11 is 0. The molecule has 0 aliphatic heterocycles. The van der Waals surface area contributed by atoms with Gasteiger partial charge in [0.15, 0.2) is 0 Å². The van der Waals surface area contributed by atoms with E-state index < -0.39 is 5.97 Å². The van der Waals surface area contributed by atoms with Crippen LogP contribution >= 0.6 is 0 Å². The Labute approximate surface area is 113 Å². The van der Waals surface area contributed by atoms with Gasteiger partial charge in [-0.3, -0.25) is 0 Å². The average Bonchev–Trinajstić information content (AvgIpc) is 2.35. The van der Waals surface area contributed by atoms with Crippen LogP contribution in [0.3, 0.4) is 0 Å². The van der Waals surface area contributed by atoms with E-state index in [9.17, 15) is 9.18 Å². The van der Waals surface area contributed by atoms with Crippen LogP contribution in [0.5, 0.6) is 0 Å². The first kappa shape index (κ1) is 15.6. The highest BCUT2D eigenvalue weighted by atomic mass is 19.1.